The van der Waals surface area contributed by atoms with Gasteiger partial charge in [0, 0.05) is 6.54 Å². The number of aryl methyl sites for hydroxylation is 1. The molecule has 15 heavy (non-hydrogen) atoms. The topological polar surface area (TPSA) is 34.9 Å². The molecule has 0 atom stereocenters. The largest absolute Gasteiger partial charge is 0.296 e. The highest BCUT2D eigenvalue weighted by atomic mass is 16.1. The lowest BCUT2D eigenvalue weighted by molar-refractivity contribution is 0.111. The smallest absolute Gasteiger partial charge is 0.170 e. The van der Waals surface area contributed by atoms with Crippen LogP contribution in [0.1, 0.15) is 17.4 Å². The summed E-state index contributed by atoms with van der Waals surface area (Å²) in [6, 6.07) is 11.8. The molecule has 1 heterocycles. The first-order valence-electron chi connectivity index (χ1n) is 4.93. The maximum Gasteiger partial charge on any atom is 0.170 e. The fourth-order valence-electron chi connectivity index (χ4n) is 1.58. The molecular formula is C12H12N2O. The van der Waals surface area contributed by atoms with E-state index in [1.54, 1.807) is 0 Å². The molecule has 1 aromatic carbocycles. The highest BCUT2D eigenvalue weighted by Gasteiger charge is 2.07. The van der Waals surface area contributed by atoms with E-state index in [9.17, 15) is 4.79 Å². The molecule has 0 aliphatic carbocycles. The van der Waals surface area contributed by atoms with Crippen LogP contribution in [0.4, 0.5) is 0 Å². The molecule has 2 aromatic rings. The molecule has 2 rings (SSSR count). The van der Waals surface area contributed by atoms with Gasteiger partial charge in [-0.2, -0.15) is 5.10 Å². The van der Waals surface area contributed by atoms with E-state index in [1.165, 1.54) is 0 Å². The summed E-state index contributed by atoms with van der Waals surface area (Å²) in [4.78, 5) is 10.6. The van der Waals surface area contributed by atoms with Crippen LogP contribution >= 0.6 is 0 Å². The van der Waals surface area contributed by atoms with Crippen molar-refractivity contribution in [1.29, 1.82) is 0 Å². The second kappa shape index (κ2) is 4.09. The monoisotopic (exact) mass is 200 g/mol. The van der Waals surface area contributed by atoms with E-state index in [4.69, 9.17) is 0 Å². The van der Waals surface area contributed by atoms with Crippen molar-refractivity contribution in [3.8, 4) is 11.3 Å². The Bertz CT molecular complexity index is 460. The number of rotatable bonds is 3. The van der Waals surface area contributed by atoms with E-state index >= 15 is 0 Å². The molecular weight excluding hydrogens is 188 g/mol. The van der Waals surface area contributed by atoms with Crippen LogP contribution in [0.15, 0.2) is 36.4 Å². The Morgan fingerprint density at radius 1 is 1.33 bits per heavy atom. The van der Waals surface area contributed by atoms with Crippen LogP contribution in [0.3, 0.4) is 0 Å². The van der Waals surface area contributed by atoms with Crippen LogP contribution in [0, 0.1) is 0 Å². The molecule has 0 bridgehead atoms. The van der Waals surface area contributed by atoms with Crippen LogP contribution < -0.4 is 0 Å². The van der Waals surface area contributed by atoms with E-state index in [0.29, 0.717) is 5.69 Å². The molecule has 0 N–H and O–H groups in total. The molecule has 3 nitrogen and oxygen atoms in total. The lowest BCUT2D eigenvalue weighted by Crippen LogP contribution is -1.99. The van der Waals surface area contributed by atoms with Crippen LogP contribution in [0.5, 0.6) is 0 Å². The first-order valence-corrected chi connectivity index (χ1v) is 4.93. The van der Waals surface area contributed by atoms with Crippen molar-refractivity contribution in [2.24, 2.45) is 0 Å². The lowest BCUT2D eigenvalue weighted by atomic mass is 10.1. The average Bonchev–Trinajstić information content (AvgIpc) is 2.73. The Morgan fingerprint density at radius 3 is 2.67 bits per heavy atom. The van der Waals surface area contributed by atoms with Crippen molar-refractivity contribution in [2.45, 2.75) is 13.5 Å². The van der Waals surface area contributed by atoms with E-state index in [-0.39, 0.29) is 0 Å². The Morgan fingerprint density at radius 2 is 2.07 bits per heavy atom. The maximum absolute atomic E-state index is 10.6. The molecule has 0 amide bonds. The molecule has 0 saturated heterocycles. The third-order valence-corrected chi connectivity index (χ3v) is 2.29. The van der Waals surface area contributed by atoms with Crippen molar-refractivity contribution in [3.63, 3.8) is 0 Å². The zero-order valence-corrected chi connectivity index (χ0v) is 8.55. The number of aromatic nitrogens is 2. The summed E-state index contributed by atoms with van der Waals surface area (Å²) in [6.45, 7) is 2.77. The van der Waals surface area contributed by atoms with Crippen LogP contribution in [-0.4, -0.2) is 16.1 Å². The molecule has 76 valence electrons. The molecule has 0 unspecified atom stereocenters. The minimum absolute atomic E-state index is 0.482. The minimum Gasteiger partial charge on any atom is -0.296 e. The van der Waals surface area contributed by atoms with Crippen LogP contribution in [0.2, 0.25) is 0 Å². The fourth-order valence-corrected chi connectivity index (χ4v) is 1.58. The minimum atomic E-state index is 0.482. The Hall–Kier alpha value is -1.90. The quantitative estimate of drug-likeness (QED) is 0.713. The summed E-state index contributed by atoms with van der Waals surface area (Å²) >= 11 is 0. The van der Waals surface area contributed by atoms with Crippen molar-refractivity contribution >= 4 is 6.29 Å². The van der Waals surface area contributed by atoms with Crippen molar-refractivity contribution in [3.05, 3.63) is 42.1 Å². The first kappa shape index (κ1) is 9.65. The zero-order chi connectivity index (χ0) is 10.7. The second-order valence-electron chi connectivity index (χ2n) is 3.25. The molecule has 0 aliphatic rings. The summed E-state index contributed by atoms with van der Waals surface area (Å²) in [5.41, 5.74) is 2.55. The molecule has 0 saturated carbocycles. The summed E-state index contributed by atoms with van der Waals surface area (Å²) in [5.74, 6) is 0. The van der Waals surface area contributed by atoms with Crippen molar-refractivity contribution in [1.82, 2.24) is 9.78 Å². The predicted octanol–water partition coefficient (Wildman–Crippen LogP) is 2.38. The number of benzene rings is 1. The Kier molecular flexibility index (Phi) is 2.63. The molecule has 3 heteroatoms. The molecule has 0 spiro atoms. The first-order chi connectivity index (χ1) is 7.35. The summed E-state index contributed by atoms with van der Waals surface area (Å²) in [5, 5.41) is 4.17. The zero-order valence-electron chi connectivity index (χ0n) is 8.55. The van der Waals surface area contributed by atoms with E-state index < -0.39 is 0 Å². The molecule has 0 radical (unpaired) electrons. The number of nitrogens with zero attached hydrogens (tertiary/aromatic N) is 2. The van der Waals surface area contributed by atoms with Gasteiger partial charge in [0.25, 0.3) is 0 Å². The van der Waals surface area contributed by atoms with Gasteiger partial charge in [-0.3, -0.25) is 9.48 Å². The predicted molar refractivity (Wildman–Crippen MR) is 58.7 cm³/mol. The van der Waals surface area contributed by atoms with Crippen molar-refractivity contribution in [2.75, 3.05) is 0 Å². The van der Waals surface area contributed by atoms with Gasteiger partial charge >= 0.3 is 0 Å². The normalized spacial score (nSPS) is 10.2. The number of hydrogen-bond donors (Lipinski definition) is 0. The van der Waals surface area contributed by atoms with Gasteiger partial charge in [0.2, 0.25) is 0 Å². The average molecular weight is 200 g/mol. The Balaban J connectivity index is 2.52. The van der Waals surface area contributed by atoms with Gasteiger partial charge in [-0.1, -0.05) is 30.3 Å². The van der Waals surface area contributed by atoms with Gasteiger partial charge in [0.1, 0.15) is 5.69 Å². The van der Waals surface area contributed by atoms with Crippen LogP contribution in [-0.2, 0) is 6.54 Å². The number of aldehydes is 1. The molecule has 0 aliphatic heterocycles. The standard InChI is InChI=1S/C12H12N2O/c1-2-14-12(8-11(9-15)13-14)10-6-4-3-5-7-10/h3-9H,2H2,1H3. The van der Waals surface area contributed by atoms with Crippen molar-refractivity contribution < 1.29 is 4.79 Å². The number of carbonyl (C=O) groups is 1. The number of carbonyl (C=O) groups excluding carboxylic acids is 1. The summed E-state index contributed by atoms with van der Waals surface area (Å²) < 4.78 is 1.83. The van der Waals surface area contributed by atoms with E-state index in [2.05, 4.69) is 5.10 Å². The highest BCUT2D eigenvalue weighted by molar-refractivity contribution is 5.75. The van der Waals surface area contributed by atoms with Gasteiger partial charge in [-0.25, -0.2) is 0 Å². The highest BCUT2D eigenvalue weighted by Crippen LogP contribution is 2.19. The second-order valence-corrected chi connectivity index (χ2v) is 3.25. The van der Waals surface area contributed by atoms with E-state index in [0.717, 1.165) is 24.1 Å². The fraction of sp³-hybridized carbons (Fsp3) is 0.167. The third-order valence-electron chi connectivity index (χ3n) is 2.29. The van der Waals surface area contributed by atoms with Gasteiger partial charge in [-0.15, -0.1) is 0 Å². The Labute approximate surface area is 88.4 Å². The molecule has 1 aromatic heterocycles. The maximum atomic E-state index is 10.6. The summed E-state index contributed by atoms with van der Waals surface area (Å²) in [6.07, 6.45) is 0.776. The van der Waals surface area contributed by atoms with Crippen LogP contribution in [0.25, 0.3) is 11.3 Å². The molecule has 0 fully saturated rings. The van der Waals surface area contributed by atoms with Gasteiger partial charge in [-0.05, 0) is 18.6 Å². The number of hydrogen-bond acceptors (Lipinski definition) is 2. The third kappa shape index (κ3) is 1.81. The SMILES string of the molecule is CCn1nc(C=O)cc1-c1ccccc1. The lowest BCUT2D eigenvalue weighted by Gasteiger charge is -2.03. The van der Waals surface area contributed by atoms with Gasteiger partial charge in [0.15, 0.2) is 6.29 Å². The van der Waals surface area contributed by atoms with Gasteiger partial charge in [0.05, 0.1) is 5.69 Å². The van der Waals surface area contributed by atoms with E-state index in [1.807, 2.05) is 48.0 Å². The van der Waals surface area contributed by atoms with Gasteiger partial charge < -0.3 is 0 Å². The summed E-state index contributed by atoms with van der Waals surface area (Å²) in [7, 11) is 0.